The number of hydrogen-bond acceptors (Lipinski definition) is 4. The van der Waals surface area contributed by atoms with Crippen LogP contribution in [0.3, 0.4) is 0 Å². The van der Waals surface area contributed by atoms with Crippen molar-refractivity contribution in [3.8, 4) is 0 Å². The smallest absolute Gasteiger partial charge is 0.156 e. The molecule has 0 aliphatic carbocycles. The zero-order chi connectivity index (χ0) is 16.3. The van der Waals surface area contributed by atoms with Gasteiger partial charge in [0, 0.05) is 31.2 Å². The van der Waals surface area contributed by atoms with Gasteiger partial charge in [-0.15, -0.1) is 0 Å². The Balaban J connectivity index is 2.75. The highest BCUT2D eigenvalue weighted by Gasteiger charge is 2.36. The Morgan fingerprint density at radius 1 is 1.29 bits per heavy atom. The third-order valence-electron chi connectivity index (χ3n) is 4.82. The lowest BCUT2D eigenvalue weighted by Gasteiger charge is -2.46. The summed E-state index contributed by atoms with van der Waals surface area (Å²) in [7, 11) is -3.04. The van der Waals surface area contributed by atoms with Crippen LogP contribution in [-0.2, 0) is 9.84 Å². The SMILES string of the molecule is CCCC1CNC(C)(CC)CN1CCS(=O)(=O)C(C)(C)C. The van der Waals surface area contributed by atoms with Crippen LogP contribution in [0.5, 0.6) is 0 Å². The number of nitrogens with zero attached hydrogens (tertiary/aromatic N) is 1. The van der Waals surface area contributed by atoms with E-state index in [4.69, 9.17) is 0 Å². The van der Waals surface area contributed by atoms with Crippen LogP contribution in [0.1, 0.15) is 60.8 Å². The molecule has 0 amide bonds. The van der Waals surface area contributed by atoms with Gasteiger partial charge >= 0.3 is 0 Å². The van der Waals surface area contributed by atoms with Crippen LogP contribution in [0.4, 0.5) is 0 Å². The van der Waals surface area contributed by atoms with Gasteiger partial charge in [-0.3, -0.25) is 4.90 Å². The van der Waals surface area contributed by atoms with Gasteiger partial charge in [0.2, 0.25) is 0 Å². The summed E-state index contributed by atoms with van der Waals surface area (Å²) in [6, 6.07) is 0.463. The molecule has 0 bridgehead atoms. The predicted octanol–water partition coefficient (Wildman–Crippen LogP) is 2.44. The number of sulfone groups is 1. The van der Waals surface area contributed by atoms with Gasteiger partial charge in [-0.1, -0.05) is 20.3 Å². The summed E-state index contributed by atoms with van der Waals surface area (Å²) in [5, 5.41) is 3.65. The molecule has 1 N–H and O–H groups in total. The van der Waals surface area contributed by atoms with Crippen LogP contribution in [0, 0.1) is 0 Å². The fraction of sp³-hybridized carbons (Fsp3) is 1.00. The summed E-state index contributed by atoms with van der Waals surface area (Å²) < 4.78 is 24.0. The van der Waals surface area contributed by atoms with Gasteiger partial charge in [-0.2, -0.15) is 0 Å². The second kappa shape index (κ2) is 6.97. The third-order valence-corrected chi connectivity index (χ3v) is 7.40. The van der Waals surface area contributed by atoms with Crippen LogP contribution in [0.25, 0.3) is 0 Å². The number of piperazine rings is 1. The van der Waals surface area contributed by atoms with E-state index in [-0.39, 0.29) is 11.3 Å². The van der Waals surface area contributed by atoms with Crippen LogP contribution < -0.4 is 5.32 Å². The van der Waals surface area contributed by atoms with E-state index in [0.717, 1.165) is 32.4 Å². The van der Waals surface area contributed by atoms with Gasteiger partial charge in [-0.05, 0) is 40.5 Å². The van der Waals surface area contributed by atoms with Crippen molar-refractivity contribution >= 4 is 9.84 Å². The van der Waals surface area contributed by atoms with Crippen molar-refractivity contribution < 1.29 is 8.42 Å². The molecule has 0 radical (unpaired) electrons. The molecule has 1 fully saturated rings. The van der Waals surface area contributed by atoms with E-state index in [1.54, 1.807) is 20.8 Å². The van der Waals surface area contributed by atoms with Crippen molar-refractivity contribution in [2.75, 3.05) is 25.4 Å². The minimum Gasteiger partial charge on any atom is -0.309 e. The molecule has 5 heteroatoms. The normalized spacial score (nSPS) is 28.8. The van der Waals surface area contributed by atoms with Crippen LogP contribution in [0.15, 0.2) is 0 Å². The molecule has 1 rings (SSSR count). The van der Waals surface area contributed by atoms with E-state index in [9.17, 15) is 8.42 Å². The van der Waals surface area contributed by atoms with E-state index in [0.29, 0.717) is 12.6 Å². The molecule has 1 aliphatic heterocycles. The van der Waals surface area contributed by atoms with E-state index < -0.39 is 14.6 Å². The lowest BCUT2D eigenvalue weighted by molar-refractivity contribution is 0.0849. The third kappa shape index (κ3) is 4.93. The average molecular weight is 319 g/mol. The Morgan fingerprint density at radius 3 is 2.38 bits per heavy atom. The highest BCUT2D eigenvalue weighted by molar-refractivity contribution is 7.92. The minimum absolute atomic E-state index is 0.107. The summed E-state index contributed by atoms with van der Waals surface area (Å²) in [5.41, 5.74) is 0.107. The molecular formula is C16H34N2O2S. The van der Waals surface area contributed by atoms with Gasteiger partial charge in [0.15, 0.2) is 9.84 Å². The molecule has 0 aromatic rings. The van der Waals surface area contributed by atoms with Crippen molar-refractivity contribution in [1.29, 1.82) is 0 Å². The Kier molecular flexibility index (Phi) is 6.28. The molecular weight excluding hydrogens is 284 g/mol. The molecule has 2 atom stereocenters. The molecule has 126 valence electrons. The summed E-state index contributed by atoms with van der Waals surface area (Å²) in [5.74, 6) is 0.260. The van der Waals surface area contributed by atoms with Crippen molar-refractivity contribution in [2.45, 2.75) is 77.1 Å². The standard InChI is InChI=1S/C16H34N2O2S/c1-7-9-14-12-17-16(6,8-2)13-18(14)10-11-21(19,20)15(3,4)5/h14,17H,7-13H2,1-6H3. The Hall–Kier alpha value is -0.130. The first-order valence-corrected chi connectivity index (χ1v) is 9.91. The number of nitrogens with one attached hydrogen (secondary N) is 1. The second-order valence-electron chi connectivity index (χ2n) is 7.64. The van der Waals surface area contributed by atoms with Crippen molar-refractivity contribution in [1.82, 2.24) is 10.2 Å². The van der Waals surface area contributed by atoms with E-state index >= 15 is 0 Å². The van der Waals surface area contributed by atoms with Crippen molar-refractivity contribution in [3.05, 3.63) is 0 Å². The summed E-state index contributed by atoms with van der Waals surface area (Å²) in [4.78, 5) is 2.40. The first-order chi connectivity index (χ1) is 9.54. The molecule has 0 spiro atoms. The second-order valence-corrected chi connectivity index (χ2v) is 10.5. The van der Waals surface area contributed by atoms with Gasteiger partial charge in [-0.25, -0.2) is 8.42 Å². The highest BCUT2D eigenvalue weighted by Crippen LogP contribution is 2.22. The summed E-state index contributed by atoms with van der Waals surface area (Å²) >= 11 is 0. The van der Waals surface area contributed by atoms with Crippen LogP contribution in [0.2, 0.25) is 0 Å². The topological polar surface area (TPSA) is 49.4 Å². The molecule has 21 heavy (non-hydrogen) atoms. The zero-order valence-electron chi connectivity index (χ0n) is 14.7. The highest BCUT2D eigenvalue weighted by atomic mass is 32.2. The molecule has 0 aromatic heterocycles. The lowest BCUT2D eigenvalue weighted by Crippen LogP contribution is -2.63. The van der Waals surface area contributed by atoms with E-state index in [1.165, 1.54) is 0 Å². The largest absolute Gasteiger partial charge is 0.309 e. The quantitative estimate of drug-likeness (QED) is 0.817. The maximum absolute atomic E-state index is 12.3. The Bertz CT molecular complexity index is 428. The minimum atomic E-state index is -3.04. The predicted molar refractivity (Wildman–Crippen MR) is 90.5 cm³/mol. The molecule has 0 aromatic carbocycles. The van der Waals surface area contributed by atoms with Crippen LogP contribution >= 0.6 is 0 Å². The molecule has 1 saturated heterocycles. The average Bonchev–Trinajstić information content (AvgIpc) is 2.38. The molecule has 4 nitrogen and oxygen atoms in total. The Morgan fingerprint density at radius 2 is 1.90 bits per heavy atom. The molecule has 1 heterocycles. The molecule has 2 unspecified atom stereocenters. The van der Waals surface area contributed by atoms with Gasteiger partial charge < -0.3 is 5.32 Å². The lowest BCUT2D eigenvalue weighted by atomic mass is 9.92. The van der Waals surface area contributed by atoms with E-state index in [2.05, 4.69) is 31.0 Å². The number of rotatable bonds is 6. The van der Waals surface area contributed by atoms with Crippen molar-refractivity contribution in [2.24, 2.45) is 0 Å². The molecule has 1 aliphatic rings. The fourth-order valence-corrected chi connectivity index (χ4v) is 3.87. The number of hydrogen-bond donors (Lipinski definition) is 1. The van der Waals surface area contributed by atoms with Crippen LogP contribution in [-0.4, -0.2) is 55.0 Å². The fourth-order valence-electron chi connectivity index (χ4n) is 2.79. The Labute approximate surface area is 131 Å². The first-order valence-electron chi connectivity index (χ1n) is 8.26. The van der Waals surface area contributed by atoms with E-state index in [1.807, 2.05) is 0 Å². The summed E-state index contributed by atoms with van der Waals surface area (Å²) in [6.07, 6.45) is 3.33. The maximum atomic E-state index is 12.3. The van der Waals surface area contributed by atoms with Gasteiger partial charge in [0.05, 0.1) is 10.5 Å². The molecule has 0 saturated carbocycles. The van der Waals surface area contributed by atoms with Gasteiger partial charge in [0.1, 0.15) is 0 Å². The maximum Gasteiger partial charge on any atom is 0.156 e. The monoisotopic (exact) mass is 318 g/mol. The first kappa shape index (κ1) is 18.9. The van der Waals surface area contributed by atoms with Crippen molar-refractivity contribution in [3.63, 3.8) is 0 Å². The zero-order valence-corrected chi connectivity index (χ0v) is 15.5. The summed E-state index contributed by atoms with van der Waals surface area (Å²) in [6.45, 7) is 14.6. The van der Waals surface area contributed by atoms with Gasteiger partial charge in [0.25, 0.3) is 0 Å².